The maximum atomic E-state index is 11.9. The van der Waals surface area contributed by atoms with Crippen LogP contribution < -0.4 is 0 Å². The first-order valence-electron chi connectivity index (χ1n) is 11.5. The number of unbranched alkanes of at least 4 members (excludes halogenated alkanes) is 1. The summed E-state index contributed by atoms with van der Waals surface area (Å²) in [6, 6.07) is 16.5. The molecule has 162 valence electrons. The van der Waals surface area contributed by atoms with Gasteiger partial charge in [0.2, 0.25) is 0 Å². The monoisotopic (exact) mass is 417 g/mol. The van der Waals surface area contributed by atoms with Crippen molar-refractivity contribution in [3.63, 3.8) is 0 Å². The standard InChI is InChI=1S/C27H31NO3/c29-27(30)22(12-5-4-10-19-8-2-1-3-9-19)18-26(28-31)21-14-15-25-23(17-21)16-20-11-6-7-13-24(20)25/h1-3,8-9,14-15,17,22,31H,4-7,10-13,16,18H2,(H,29,30)/t22-/m1/s1. The Hall–Kier alpha value is -2.88. The zero-order valence-corrected chi connectivity index (χ0v) is 18.0. The molecule has 4 heteroatoms. The number of aliphatic carboxylic acids is 1. The smallest absolute Gasteiger partial charge is 0.306 e. The maximum absolute atomic E-state index is 11.9. The number of rotatable bonds is 9. The fraction of sp³-hybridized carbons (Fsp3) is 0.407. The third kappa shape index (κ3) is 5.07. The highest BCUT2D eigenvalue weighted by Crippen LogP contribution is 2.41. The Morgan fingerprint density at radius 3 is 2.61 bits per heavy atom. The number of carbonyl (C=O) groups is 1. The highest BCUT2D eigenvalue weighted by atomic mass is 16.4. The Balaban J connectivity index is 1.37. The summed E-state index contributed by atoms with van der Waals surface area (Å²) < 4.78 is 0. The molecule has 4 nitrogen and oxygen atoms in total. The van der Waals surface area contributed by atoms with Crippen molar-refractivity contribution >= 4 is 17.3 Å². The van der Waals surface area contributed by atoms with Gasteiger partial charge in [-0.3, -0.25) is 4.79 Å². The Morgan fingerprint density at radius 1 is 1.03 bits per heavy atom. The molecule has 0 radical (unpaired) electrons. The number of hydrogen-bond donors (Lipinski definition) is 2. The average molecular weight is 418 g/mol. The van der Waals surface area contributed by atoms with Crippen LogP contribution in [0, 0.1) is 5.92 Å². The number of hydrogen-bond acceptors (Lipinski definition) is 3. The van der Waals surface area contributed by atoms with Crippen LogP contribution in [-0.4, -0.2) is 22.0 Å². The summed E-state index contributed by atoms with van der Waals surface area (Å²) >= 11 is 0. The van der Waals surface area contributed by atoms with Gasteiger partial charge in [0.1, 0.15) is 0 Å². The van der Waals surface area contributed by atoms with Gasteiger partial charge in [-0.15, -0.1) is 0 Å². The Kier molecular flexibility index (Phi) is 6.86. The summed E-state index contributed by atoms with van der Waals surface area (Å²) in [5.41, 5.74) is 8.30. The predicted molar refractivity (Wildman–Crippen MR) is 124 cm³/mol. The van der Waals surface area contributed by atoms with E-state index in [2.05, 4.69) is 29.4 Å². The fourth-order valence-electron chi connectivity index (χ4n) is 5.06. The van der Waals surface area contributed by atoms with Gasteiger partial charge in [0.25, 0.3) is 0 Å². The van der Waals surface area contributed by atoms with Crippen molar-refractivity contribution in [2.75, 3.05) is 0 Å². The molecule has 0 saturated heterocycles. The molecule has 0 unspecified atom stereocenters. The largest absolute Gasteiger partial charge is 0.481 e. The van der Waals surface area contributed by atoms with E-state index >= 15 is 0 Å². The Bertz CT molecular complexity index is 991. The Morgan fingerprint density at radius 2 is 1.84 bits per heavy atom. The minimum absolute atomic E-state index is 0.253. The lowest BCUT2D eigenvalue weighted by atomic mass is 9.90. The first kappa shape index (κ1) is 21.4. The van der Waals surface area contributed by atoms with Gasteiger partial charge in [-0.2, -0.15) is 0 Å². The molecule has 2 aromatic rings. The lowest BCUT2D eigenvalue weighted by Crippen LogP contribution is -2.19. The van der Waals surface area contributed by atoms with E-state index in [-0.39, 0.29) is 6.42 Å². The fourth-order valence-corrected chi connectivity index (χ4v) is 5.06. The van der Waals surface area contributed by atoms with Crippen molar-refractivity contribution in [2.45, 2.75) is 64.2 Å². The molecule has 0 bridgehead atoms. The van der Waals surface area contributed by atoms with Crippen LogP contribution >= 0.6 is 0 Å². The average Bonchev–Trinajstić information content (AvgIpc) is 3.17. The van der Waals surface area contributed by atoms with E-state index in [0.717, 1.165) is 37.7 Å². The second-order valence-electron chi connectivity index (χ2n) is 8.86. The first-order chi connectivity index (χ1) is 15.2. The quantitative estimate of drug-likeness (QED) is 0.219. The van der Waals surface area contributed by atoms with Crippen molar-refractivity contribution in [3.05, 3.63) is 76.4 Å². The SMILES string of the molecule is O=C(O)[C@H](CCCCc1ccccc1)CC(=NO)c1ccc2c(c1)CC1=C2CCCC1. The highest BCUT2D eigenvalue weighted by Gasteiger charge is 2.26. The molecule has 2 aliphatic rings. The van der Waals surface area contributed by atoms with Gasteiger partial charge in [-0.1, -0.05) is 59.6 Å². The molecule has 2 N–H and O–H groups in total. The lowest BCUT2D eigenvalue weighted by molar-refractivity contribution is -0.141. The second-order valence-corrected chi connectivity index (χ2v) is 8.86. The first-order valence-corrected chi connectivity index (χ1v) is 11.5. The molecule has 0 amide bonds. The van der Waals surface area contributed by atoms with Gasteiger partial charge in [-0.05, 0) is 85.3 Å². The molecule has 4 rings (SSSR count). The molecule has 0 saturated carbocycles. The topological polar surface area (TPSA) is 69.9 Å². The summed E-state index contributed by atoms with van der Waals surface area (Å²) in [6.45, 7) is 0. The van der Waals surface area contributed by atoms with E-state index in [9.17, 15) is 15.1 Å². The molecule has 31 heavy (non-hydrogen) atoms. The molecular weight excluding hydrogens is 386 g/mol. The summed E-state index contributed by atoms with van der Waals surface area (Å²) in [4.78, 5) is 11.9. The minimum Gasteiger partial charge on any atom is -0.481 e. The van der Waals surface area contributed by atoms with E-state index in [1.807, 2.05) is 24.3 Å². The van der Waals surface area contributed by atoms with Gasteiger partial charge >= 0.3 is 5.97 Å². The molecule has 0 aliphatic heterocycles. The molecule has 1 atom stereocenters. The lowest BCUT2D eigenvalue weighted by Gasteiger charge is -2.15. The number of allylic oxidation sites excluding steroid dienone is 2. The molecule has 0 fully saturated rings. The highest BCUT2D eigenvalue weighted by molar-refractivity contribution is 6.02. The van der Waals surface area contributed by atoms with Crippen LogP contribution in [-0.2, 0) is 17.6 Å². The van der Waals surface area contributed by atoms with Crippen LogP contribution in [0.3, 0.4) is 0 Å². The molecule has 0 heterocycles. The summed E-state index contributed by atoms with van der Waals surface area (Å²) in [5.74, 6) is -1.36. The molecule has 2 aliphatic carbocycles. The molecular formula is C27H31NO3. The van der Waals surface area contributed by atoms with Crippen molar-refractivity contribution in [1.29, 1.82) is 0 Å². The van der Waals surface area contributed by atoms with Crippen molar-refractivity contribution in [1.82, 2.24) is 0 Å². The molecule has 0 aromatic heterocycles. The summed E-state index contributed by atoms with van der Waals surface area (Å²) in [7, 11) is 0. The number of aryl methyl sites for hydroxylation is 1. The number of benzene rings is 2. The van der Waals surface area contributed by atoms with E-state index < -0.39 is 11.9 Å². The zero-order chi connectivity index (χ0) is 21.6. The number of fused-ring (bicyclic) bond motifs is 2. The van der Waals surface area contributed by atoms with Crippen molar-refractivity contribution < 1.29 is 15.1 Å². The predicted octanol–water partition coefficient (Wildman–Crippen LogP) is 6.25. The van der Waals surface area contributed by atoms with E-state index in [0.29, 0.717) is 12.1 Å². The van der Waals surface area contributed by atoms with Crippen molar-refractivity contribution in [2.24, 2.45) is 11.1 Å². The van der Waals surface area contributed by atoms with Crippen LogP contribution in [0.4, 0.5) is 0 Å². The maximum Gasteiger partial charge on any atom is 0.306 e. The van der Waals surface area contributed by atoms with Crippen LogP contribution in [0.2, 0.25) is 0 Å². The van der Waals surface area contributed by atoms with E-state index in [1.54, 1.807) is 5.57 Å². The zero-order valence-electron chi connectivity index (χ0n) is 18.0. The number of carboxylic acids is 1. The van der Waals surface area contributed by atoms with Gasteiger partial charge in [0.05, 0.1) is 11.6 Å². The van der Waals surface area contributed by atoms with Crippen molar-refractivity contribution in [3.8, 4) is 0 Å². The molecule has 0 spiro atoms. The van der Waals surface area contributed by atoms with Gasteiger partial charge < -0.3 is 10.3 Å². The normalized spacial score (nSPS) is 16.7. The van der Waals surface area contributed by atoms with E-state index in [4.69, 9.17) is 0 Å². The number of nitrogens with zero attached hydrogens (tertiary/aromatic N) is 1. The second kappa shape index (κ2) is 9.95. The van der Waals surface area contributed by atoms with Crippen LogP contribution in [0.15, 0.2) is 59.3 Å². The molecule has 2 aromatic carbocycles. The minimum atomic E-state index is -0.820. The van der Waals surface area contributed by atoms with Gasteiger partial charge in [-0.25, -0.2) is 0 Å². The van der Waals surface area contributed by atoms with Crippen LogP contribution in [0.5, 0.6) is 0 Å². The van der Waals surface area contributed by atoms with Crippen LogP contribution in [0.25, 0.3) is 5.57 Å². The summed E-state index contributed by atoms with van der Waals surface area (Å²) in [6.07, 6.45) is 9.44. The summed E-state index contributed by atoms with van der Waals surface area (Å²) in [5, 5.41) is 22.9. The third-order valence-corrected chi connectivity index (χ3v) is 6.77. The number of oxime groups is 1. The van der Waals surface area contributed by atoms with Crippen LogP contribution in [0.1, 0.15) is 73.6 Å². The third-order valence-electron chi connectivity index (χ3n) is 6.77. The Labute approximate surface area is 184 Å². The number of carboxylic acid groups (broad SMARTS) is 1. The van der Waals surface area contributed by atoms with Gasteiger partial charge in [0, 0.05) is 6.42 Å². The van der Waals surface area contributed by atoms with Gasteiger partial charge in [0.15, 0.2) is 0 Å². The van der Waals surface area contributed by atoms with E-state index in [1.165, 1.54) is 41.5 Å².